The highest BCUT2D eigenvalue weighted by Crippen LogP contribution is 2.39. The monoisotopic (exact) mass is 388 g/mol. The molecule has 0 saturated heterocycles. The van der Waals surface area contributed by atoms with Crippen LogP contribution in [0.2, 0.25) is 0 Å². The summed E-state index contributed by atoms with van der Waals surface area (Å²) in [6.07, 6.45) is 4.78. The molecule has 0 fully saturated rings. The van der Waals surface area contributed by atoms with Crippen molar-refractivity contribution in [2.45, 2.75) is 51.5 Å². The molecule has 0 atom stereocenters. The Hall–Kier alpha value is -1.24. The Balaban J connectivity index is 1.66. The van der Waals surface area contributed by atoms with Gasteiger partial charge in [-0.05, 0) is 58.1 Å². The van der Waals surface area contributed by atoms with Crippen molar-refractivity contribution in [3.63, 3.8) is 0 Å². The summed E-state index contributed by atoms with van der Waals surface area (Å²) in [5, 5.41) is 2.20. The van der Waals surface area contributed by atoms with Crippen molar-refractivity contribution in [1.29, 1.82) is 0 Å². The molecule has 0 N–H and O–H groups in total. The highest BCUT2D eigenvalue weighted by molar-refractivity contribution is 8.00. The highest BCUT2D eigenvalue weighted by atomic mass is 32.2. The Bertz CT molecular complexity index is 971. The Morgan fingerprint density at radius 1 is 1.16 bits per heavy atom. The lowest BCUT2D eigenvalue weighted by atomic mass is 9.97. The zero-order valence-electron chi connectivity index (χ0n) is 14.6. The van der Waals surface area contributed by atoms with E-state index in [0.29, 0.717) is 5.75 Å². The molecule has 6 heteroatoms. The molecule has 0 bridgehead atoms. The van der Waals surface area contributed by atoms with E-state index < -0.39 is 0 Å². The number of ketones is 1. The van der Waals surface area contributed by atoms with Crippen LogP contribution >= 0.6 is 34.4 Å². The molecule has 0 spiro atoms. The Kier molecular flexibility index (Phi) is 4.69. The first kappa shape index (κ1) is 17.2. The average Bonchev–Trinajstić information content (AvgIpc) is 3.11. The van der Waals surface area contributed by atoms with Gasteiger partial charge in [-0.3, -0.25) is 4.79 Å². The van der Waals surface area contributed by atoms with E-state index in [0.717, 1.165) is 39.0 Å². The van der Waals surface area contributed by atoms with Crippen molar-refractivity contribution in [3.05, 3.63) is 37.6 Å². The van der Waals surface area contributed by atoms with Crippen molar-refractivity contribution in [3.8, 4) is 0 Å². The van der Waals surface area contributed by atoms with Crippen LogP contribution in [0.25, 0.3) is 10.2 Å². The van der Waals surface area contributed by atoms with Gasteiger partial charge in [-0.25, -0.2) is 9.97 Å². The van der Waals surface area contributed by atoms with Gasteiger partial charge in [-0.15, -0.1) is 22.7 Å². The van der Waals surface area contributed by atoms with E-state index in [-0.39, 0.29) is 5.78 Å². The number of carbonyl (C=O) groups is 1. The van der Waals surface area contributed by atoms with E-state index in [2.05, 4.69) is 16.9 Å². The van der Waals surface area contributed by atoms with Crippen molar-refractivity contribution in [2.75, 3.05) is 5.75 Å². The quantitative estimate of drug-likeness (QED) is 0.335. The fraction of sp³-hybridized carbons (Fsp3) is 0.421. The number of fused-ring (bicyclic) bond motifs is 3. The normalized spacial score (nSPS) is 14.0. The molecule has 130 valence electrons. The van der Waals surface area contributed by atoms with Gasteiger partial charge >= 0.3 is 0 Å². The third-order valence-corrected chi connectivity index (χ3v) is 7.70. The second-order valence-corrected chi connectivity index (χ2v) is 10.0. The van der Waals surface area contributed by atoms with Crippen molar-refractivity contribution in [2.24, 2.45) is 0 Å². The van der Waals surface area contributed by atoms with Crippen LogP contribution in [0.3, 0.4) is 0 Å². The molecule has 1 aliphatic rings. The van der Waals surface area contributed by atoms with Crippen LogP contribution in [0.1, 0.15) is 49.2 Å². The van der Waals surface area contributed by atoms with Gasteiger partial charge in [0.15, 0.2) is 5.78 Å². The molecule has 3 heterocycles. The average molecular weight is 389 g/mol. The maximum absolute atomic E-state index is 12.6. The number of hydrogen-bond acceptors (Lipinski definition) is 6. The van der Waals surface area contributed by atoms with Gasteiger partial charge in [-0.2, -0.15) is 0 Å². The van der Waals surface area contributed by atoms with Gasteiger partial charge in [0.05, 0.1) is 5.75 Å². The Morgan fingerprint density at radius 2 is 1.96 bits per heavy atom. The standard InChI is InChI=1S/C19H20N2OS3/c1-10-8-14(11(2)24-10)15(22)9-23-18-17-13-6-4-5-7-16(13)25-19(17)21-12(3)20-18/h8H,4-7,9H2,1-3H3. The number of Topliss-reactive ketones (excluding diaryl/α,β-unsaturated/α-hetero) is 1. The van der Waals surface area contributed by atoms with Gasteiger partial charge in [0.2, 0.25) is 0 Å². The van der Waals surface area contributed by atoms with E-state index in [1.54, 1.807) is 23.1 Å². The zero-order chi connectivity index (χ0) is 17.6. The summed E-state index contributed by atoms with van der Waals surface area (Å²) >= 11 is 5.08. The van der Waals surface area contributed by atoms with Gasteiger partial charge < -0.3 is 0 Å². The molecule has 0 saturated carbocycles. The third kappa shape index (κ3) is 3.27. The summed E-state index contributed by atoms with van der Waals surface area (Å²) < 4.78 is 0. The third-order valence-electron chi connectivity index (χ3n) is 4.57. The van der Waals surface area contributed by atoms with Gasteiger partial charge in [-0.1, -0.05) is 11.8 Å². The van der Waals surface area contributed by atoms with E-state index in [4.69, 9.17) is 0 Å². The molecular formula is C19H20N2OS3. The lowest BCUT2D eigenvalue weighted by Crippen LogP contribution is -2.04. The maximum Gasteiger partial charge on any atom is 0.174 e. The SMILES string of the molecule is Cc1nc(SCC(=O)c2cc(C)sc2C)c2c3c(sc2n1)CCCC3. The largest absolute Gasteiger partial charge is 0.293 e. The van der Waals surface area contributed by atoms with Gasteiger partial charge in [0.1, 0.15) is 15.7 Å². The van der Waals surface area contributed by atoms with E-state index in [1.807, 2.05) is 31.3 Å². The predicted molar refractivity (Wildman–Crippen MR) is 108 cm³/mol. The summed E-state index contributed by atoms with van der Waals surface area (Å²) in [5.74, 6) is 1.43. The number of nitrogens with zero attached hydrogens (tertiary/aromatic N) is 2. The van der Waals surface area contributed by atoms with E-state index in [9.17, 15) is 4.79 Å². The lowest BCUT2D eigenvalue weighted by Gasteiger charge is -2.11. The summed E-state index contributed by atoms with van der Waals surface area (Å²) in [5.41, 5.74) is 2.30. The van der Waals surface area contributed by atoms with Crippen molar-refractivity contribution in [1.82, 2.24) is 9.97 Å². The molecule has 0 radical (unpaired) electrons. The van der Waals surface area contributed by atoms with Crippen molar-refractivity contribution >= 4 is 50.4 Å². The molecule has 25 heavy (non-hydrogen) atoms. The predicted octanol–water partition coefficient (Wildman–Crippen LogP) is 5.53. The molecule has 3 aromatic rings. The van der Waals surface area contributed by atoms with E-state index >= 15 is 0 Å². The molecule has 0 unspecified atom stereocenters. The Morgan fingerprint density at radius 3 is 2.72 bits per heavy atom. The van der Waals surface area contributed by atoms with Crippen LogP contribution < -0.4 is 0 Å². The summed E-state index contributed by atoms with van der Waals surface area (Å²) in [6.45, 7) is 6.02. The topological polar surface area (TPSA) is 42.9 Å². The fourth-order valence-corrected chi connectivity index (χ4v) is 6.75. The molecule has 1 aliphatic carbocycles. The van der Waals surface area contributed by atoms with E-state index in [1.165, 1.54) is 33.5 Å². The summed E-state index contributed by atoms with van der Waals surface area (Å²) in [6, 6.07) is 2.01. The highest BCUT2D eigenvalue weighted by Gasteiger charge is 2.21. The molecule has 0 aromatic carbocycles. The second-order valence-electron chi connectivity index (χ2n) is 6.51. The van der Waals surface area contributed by atoms with Gasteiger partial charge in [0, 0.05) is 25.6 Å². The summed E-state index contributed by atoms with van der Waals surface area (Å²) in [7, 11) is 0. The minimum Gasteiger partial charge on any atom is -0.293 e. The van der Waals surface area contributed by atoms with Crippen LogP contribution in [-0.2, 0) is 12.8 Å². The number of aromatic nitrogens is 2. The van der Waals surface area contributed by atoms with Crippen molar-refractivity contribution < 1.29 is 4.79 Å². The molecular weight excluding hydrogens is 368 g/mol. The number of thioether (sulfide) groups is 1. The number of aryl methyl sites for hydroxylation is 5. The van der Waals surface area contributed by atoms with Crippen LogP contribution in [0.15, 0.2) is 11.1 Å². The summed E-state index contributed by atoms with van der Waals surface area (Å²) in [4.78, 5) is 26.9. The molecule has 3 nitrogen and oxygen atoms in total. The van der Waals surface area contributed by atoms with Crippen LogP contribution in [0, 0.1) is 20.8 Å². The molecule has 4 rings (SSSR count). The van der Waals surface area contributed by atoms with Crippen LogP contribution in [0.5, 0.6) is 0 Å². The maximum atomic E-state index is 12.6. The zero-order valence-corrected chi connectivity index (χ0v) is 17.1. The number of rotatable bonds is 4. The number of carbonyl (C=O) groups excluding carboxylic acids is 1. The molecule has 0 amide bonds. The van der Waals surface area contributed by atoms with Gasteiger partial charge in [0.25, 0.3) is 0 Å². The Labute approximate surface area is 159 Å². The first-order valence-electron chi connectivity index (χ1n) is 8.55. The first-order valence-corrected chi connectivity index (χ1v) is 11.2. The minimum atomic E-state index is 0.195. The fourth-order valence-electron chi connectivity index (χ4n) is 3.45. The lowest BCUT2D eigenvalue weighted by molar-refractivity contribution is 0.102. The first-order chi connectivity index (χ1) is 12.0. The number of thiophene rings is 2. The molecule has 3 aromatic heterocycles. The molecule has 0 aliphatic heterocycles. The van der Waals surface area contributed by atoms with Crippen LogP contribution in [0.4, 0.5) is 0 Å². The number of hydrogen-bond donors (Lipinski definition) is 0. The minimum absolute atomic E-state index is 0.195. The van der Waals surface area contributed by atoms with Crippen LogP contribution in [-0.4, -0.2) is 21.5 Å². The second kappa shape index (κ2) is 6.82. The smallest absolute Gasteiger partial charge is 0.174 e.